The maximum Gasteiger partial charge on any atom is 0.393 e. The quantitative estimate of drug-likeness (QED) is 0.283. The van der Waals surface area contributed by atoms with Crippen LogP contribution in [0.4, 0.5) is 23.2 Å². The Morgan fingerprint density at radius 1 is 1.29 bits per heavy atom. The molecule has 0 spiro atoms. The van der Waals surface area contributed by atoms with Crippen LogP contribution in [-0.4, -0.2) is 54.6 Å². The first kappa shape index (κ1) is 24.2. The normalized spacial score (nSPS) is 19.7. The first-order valence-corrected chi connectivity index (χ1v) is 11.5. The second kappa shape index (κ2) is 10.1. The first-order valence-electron chi connectivity index (χ1n) is 10.7. The van der Waals surface area contributed by atoms with Gasteiger partial charge < -0.3 is 20.0 Å². The van der Waals surface area contributed by atoms with E-state index in [1.165, 1.54) is 12.3 Å². The number of aromatic amines is 1. The van der Waals surface area contributed by atoms with Crippen LogP contribution in [0, 0.1) is 0 Å². The second-order valence-electron chi connectivity index (χ2n) is 8.29. The highest BCUT2D eigenvalue weighted by Gasteiger charge is 2.32. The lowest BCUT2D eigenvalue weighted by Gasteiger charge is -2.33. The number of nitrogens with one attached hydrogen (secondary N) is 2. The molecule has 0 bridgehead atoms. The van der Waals surface area contributed by atoms with E-state index in [4.69, 9.17) is 4.84 Å². The van der Waals surface area contributed by atoms with E-state index in [1.54, 1.807) is 30.3 Å². The number of pyridine rings is 1. The molecular formula is C23H24F4N4O2S. The second-order valence-corrected chi connectivity index (χ2v) is 9.34. The number of hydrogen-bond donors (Lipinski definition) is 2. The molecule has 0 aliphatic carbocycles. The number of anilines is 1. The summed E-state index contributed by atoms with van der Waals surface area (Å²) in [5.74, 6) is 0. The lowest BCUT2D eigenvalue weighted by molar-refractivity contribution is -0.126. The molecule has 182 valence electrons. The van der Waals surface area contributed by atoms with Gasteiger partial charge in [0.2, 0.25) is 5.56 Å². The van der Waals surface area contributed by atoms with Crippen LogP contribution in [0.5, 0.6) is 0 Å². The van der Waals surface area contributed by atoms with Crippen molar-refractivity contribution in [3.63, 3.8) is 0 Å². The Bertz CT molecular complexity index is 1220. The molecule has 2 atom stereocenters. The summed E-state index contributed by atoms with van der Waals surface area (Å²) in [6.45, 7) is 1.01. The third-order valence-electron chi connectivity index (χ3n) is 5.61. The molecule has 1 aliphatic rings. The van der Waals surface area contributed by atoms with Crippen molar-refractivity contribution in [3.05, 3.63) is 62.9 Å². The van der Waals surface area contributed by atoms with Crippen LogP contribution in [0.3, 0.4) is 0 Å². The van der Waals surface area contributed by atoms with Crippen molar-refractivity contribution in [2.24, 2.45) is 5.16 Å². The average molecular weight is 497 g/mol. The summed E-state index contributed by atoms with van der Waals surface area (Å²) in [4.78, 5) is 21.3. The van der Waals surface area contributed by atoms with Crippen molar-refractivity contribution < 1.29 is 22.4 Å². The maximum atomic E-state index is 14.6. The number of benzene rings is 1. The molecule has 3 aromatic rings. The van der Waals surface area contributed by atoms with Gasteiger partial charge in [-0.25, -0.2) is 4.39 Å². The number of alkyl halides is 4. The van der Waals surface area contributed by atoms with Crippen LogP contribution in [0.15, 0.2) is 46.3 Å². The molecule has 0 saturated carbocycles. The van der Waals surface area contributed by atoms with E-state index >= 15 is 0 Å². The number of fused-ring (bicyclic) bond motifs is 1. The lowest BCUT2D eigenvalue weighted by Crippen LogP contribution is -2.46. The number of thiophene rings is 1. The zero-order valence-electron chi connectivity index (χ0n) is 18.4. The Balaban J connectivity index is 1.60. The van der Waals surface area contributed by atoms with Crippen LogP contribution in [0.25, 0.3) is 10.1 Å². The van der Waals surface area contributed by atoms with Gasteiger partial charge in [-0.3, -0.25) is 4.79 Å². The Morgan fingerprint density at radius 3 is 2.82 bits per heavy atom. The van der Waals surface area contributed by atoms with Crippen molar-refractivity contribution in [3.8, 4) is 0 Å². The topological polar surface area (TPSA) is 69.7 Å². The number of hydrogen-bond acceptors (Lipinski definition) is 6. The summed E-state index contributed by atoms with van der Waals surface area (Å²) >= 11 is 1.15. The minimum Gasteiger partial charge on any atom is -0.389 e. The number of aromatic nitrogens is 1. The number of piperidine rings is 1. The summed E-state index contributed by atoms with van der Waals surface area (Å²) in [6.07, 6.45) is -4.77. The molecule has 2 N–H and O–H groups in total. The molecule has 0 unspecified atom stereocenters. The van der Waals surface area contributed by atoms with Gasteiger partial charge in [-0.2, -0.15) is 13.2 Å². The SMILES string of the molecule is CN1CC[C@@H](Nc2cccc3c(CC(F)(F)F)c(/C=N/OCc4cccc(=O)[nH]4)sc23)[C@@H](F)C1. The molecule has 3 heterocycles. The fourth-order valence-corrected chi connectivity index (χ4v) is 5.14. The molecule has 0 amide bonds. The standard InChI is InChI=1S/C23H24F4N4O2S/c1-31-9-8-18(17(24)12-31)30-19-6-3-5-15-16(10-23(25,26)27)20(34-22(15)19)11-28-33-13-14-4-2-7-21(32)29-14/h2-7,11,17-18,30H,8-10,12-13H2,1H3,(H,29,32)/b28-11+/t17-,18+/m0/s1. The van der Waals surface area contributed by atoms with Crippen LogP contribution >= 0.6 is 11.3 Å². The van der Waals surface area contributed by atoms with Gasteiger partial charge in [0.1, 0.15) is 6.17 Å². The van der Waals surface area contributed by atoms with Gasteiger partial charge in [-0.05, 0) is 36.6 Å². The third kappa shape index (κ3) is 5.95. The van der Waals surface area contributed by atoms with Gasteiger partial charge in [0.05, 0.1) is 39.6 Å². The highest BCUT2D eigenvalue weighted by atomic mass is 32.1. The average Bonchev–Trinajstić information content (AvgIpc) is 3.10. The molecule has 0 radical (unpaired) electrons. The largest absolute Gasteiger partial charge is 0.393 e. The molecular weight excluding hydrogens is 472 g/mol. The molecule has 34 heavy (non-hydrogen) atoms. The van der Waals surface area contributed by atoms with Crippen molar-refractivity contribution in [2.45, 2.75) is 37.8 Å². The van der Waals surface area contributed by atoms with E-state index in [0.717, 1.165) is 17.9 Å². The summed E-state index contributed by atoms with van der Waals surface area (Å²) in [6, 6.07) is 9.21. The van der Waals surface area contributed by atoms with E-state index in [9.17, 15) is 22.4 Å². The smallest absolute Gasteiger partial charge is 0.389 e. The minimum atomic E-state index is -4.41. The van der Waals surface area contributed by atoms with Crippen molar-refractivity contribution in [1.29, 1.82) is 0 Å². The number of rotatable bonds is 7. The Morgan fingerprint density at radius 2 is 2.09 bits per heavy atom. The Labute approximate surface area is 197 Å². The molecule has 6 nitrogen and oxygen atoms in total. The van der Waals surface area contributed by atoms with E-state index in [2.05, 4.69) is 15.5 Å². The van der Waals surface area contributed by atoms with Gasteiger partial charge in [-0.15, -0.1) is 11.3 Å². The summed E-state index contributed by atoms with van der Waals surface area (Å²) in [5.41, 5.74) is 0.895. The molecule has 1 fully saturated rings. The fraction of sp³-hybridized carbons (Fsp3) is 0.391. The Hall–Kier alpha value is -2.92. The van der Waals surface area contributed by atoms with E-state index in [0.29, 0.717) is 39.3 Å². The van der Waals surface area contributed by atoms with E-state index in [1.807, 2.05) is 11.9 Å². The van der Waals surface area contributed by atoms with Gasteiger partial charge in [0, 0.05) is 19.2 Å². The van der Waals surface area contributed by atoms with E-state index in [-0.39, 0.29) is 17.7 Å². The molecule has 1 aromatic carbocycles. The molecule has 1 saturated heterocycles. The first-order chi connectivity index (χ1) is 16.2. The monoisotopic (exact) mass is 496 g/mol. The maximum absolute atomic E-state index is 14.6. The van der Waals surface area contributed by atoms with Gasteiger partial charge >= 0.3 is 6.18 Å². The predicted molar refractivity (Wildman–Crippen MR) is 125 cm³/mol. The minimum absolute atomic E-state index is 0.0348. The third-order valence-corrected chi connectivity index (χ3v) is 6.82. The molecule has 1 aliphatic heterocycles. The van der Waals surface area contributed by atoms with Crippen LogP contribution in [-0.2, 0) is 17.9 Å². The van der Waals surface area contributed by atoms with E-state index < -0.39 is 24.8 Å². The summed E-state index contributed by atoms with van der Waals surface area (Å²) in [5, 5.41) is 7.49. The van der Waals surface area contributed by atoms with Gasteiger partial charge in [0.15, 0.2) is 6.61 Å². The number of H-pyrrole nitrogens is 1. The van der Waals surface area contributed by atoms with Crippen molar-refractivity contribution in [1.82, 2.24) is 9.88 Å². The number of halogens is 4. The van der Waals surface area contributed by atoms with Crippen LogP contribution in [0.1, 0.15) is 22.6 Å². The van der Waals surface area contributed by atoms with Crippen LogP contribution < -0.4 is 10.9 Å². The lowest BCUT2D eigenvalue weighted by atomic mass is 10.0. The number of oxime groups is 1. The highest BCUT2D eigenvalue weighted by Crippen LogP contribution is 2.39. The fourth-order valence-electron chi connectivity index (χ4n) is 3.98. The Kier molecular flexibility index (Phi) is 7.22. The molecule has 2 aromatic heterocycles. The van der Waals surface area contributed by atoms with Crippen LogP contribution in [0.2, 0.25) is 0 Å². The number of likely N-dealkylation sites (tertiary alicyclic amines) is 1. The molecule has 11 heteroatoms. The zero-order chi connectivity index (χ0) is 24.3. The number of nitrogens with zero attached hydrogens (tertiary/aromatic N) is 2. The summed E-state index contributed by atoms with van der Waals surface area (Å²) in [7, 11) is 1.86. The highest BCUT2D eigenvalue weighted by molar-refractivity contribution is 7.21. The zero-order valence-corrected chi connectivity index (χ0v) is 19.2. The van der Waals surface area contributed by atoms with Gasteiger partial charge in [0.25, 0.3) is 0 Å². The molecule has 4 rings (SSSR count). The summed E-state index contributed by atoms with van der Waals surface area (Å²) < 4.78 is 55.2. The van der Waals surface area contributed by atoms with Crippen molar-refractivity contribution in [2.75, 3.05) is 25.5 Å². The van der Waals surface area contributed by atoms with Gasteiger partial charge in [-0.1, -0.05) is 23.4 Å². The van der Waals surface area contributed by atoms with Crippen molar-refractivity contribution >= 4 is 33.3 Å². The predicted octanol–water partition coefficient (Wildman–Crippen LogP) is 4.70.